The Morgan fingerprint density at radius 3 is 2.32 bits per heavy atom. The van der Waals surface area contributed by atoms with E-state index >= 15 is 0 Å². The Labute approximate surface area is 143 Å². The molecule has 3 aromatic rings. The molecule has 4 rings (SSSR count). The van der Waals surface area contributed by atoms with E-state index in [1.54, 1.807) is 30.3 Å². The SMILES string of the molecule is Fc1ccc(C2(c3nnc(-c4ccccc4F)o3)CCOCC2)cc1. The Morgan fingerprint density at radius 1 is 0.880 bits per heavy atom. The first kappa shape index (κ1) is 15.9. The van der Waals surface area contributed by atoms with Gasteiger partial charge >= 0.3 is 0 Å². The van der Waals surface area contributed by atoms with Crippen molar-refractivity contribution in [2.45, 2.75) is 18.3 Å². The molecule has 4 nitrogen and oxygen atoms in total. The summed E-state index contributed by atoms with van der Waals surface area (Å²) in [7, 11) is 0. The highest BCUT2D eigenvalue weighted by Gasteiger charge is 2.41. The van der Waals surface area contributed by atoms with Crippen LogP contribution >= 0.6 is 0 Å². The van der Waals surface area contributed by atoms with Crippen molar-refractivity contribution >= 4 is 0 Å². The minimum Gasteiger partial charge on any atom is -0.420 e. The highest BCUT2D eigenvalue weighted by molar-refractivity contribution is 5.53. The minimum atomic E-state index is -0.553. The zero-order valence-electron chi connectivity index (χ0n) is 13.4. The van der Waals surface area contributed by atoms with Crippen molar-refractivity contribution in [1.82, 2.24) is 10.2 Å². The molecule has 0 radical (unpaired) electrons. The van der Waals surface area contributed by atoms with Gasteiger partial charge in [-0.05, 0) is 42.7 Å². The Kier molecular flexibility index (Phi) is 4.05. The van der Waals surface area contributed by atoms with Gasteiger partial charge in [0.2, 0.25) is 5.89 Å². The fourth-order valence-corrected chi connectivity index (χ4v) is 3.27. The Hall–Kier alpha value is -2.60. The summed E-state index contributed by atoms with van der Waals surface area (Å²) in [6.45, 7) is 1.07. The summed E-state index contributed by atoms with van der Waals surface area (Å²) in [4.78, 5) is 0. The number of rotatable bonds is 3. The van der Waals surface area contributed by atoms with Crippen LogP contribution in [0.2, 0.25) is 0 Å². The molecule has 1 aliphatic rings. The number of aromatic nitrogens is 2. The lowest BCUT2D eigenvalue weighted by Crippen LogP contribution is -2.35. The average molecular weight is 342 g/mol. The van der Waals surface area contributed by atoms with E-state index in [4.69, 9.17) is 9.15 Å². The van der Waals surface area contributed by atoms with Gasteiger partial charge in [0, 0.05) is 13.2 Å². The van der Waals surface area contributed by atoms with Crippen molar-refractivity contribution in [1.29, 1.82) is 0 Å². The monoisotopic (exact) mass is 342 g/mol. The van der Waals surface area contributed by atoms with E-state index in [2.05, 4.69) is 10.2 Å². The van der Waals surface area contributed by atoms with Crippen molar-refractivity contribution in [3.63, 3.8) is 0 Å². The summed E-state index contributed by atoms with van der Waals surface area (Å²) >= 11 is 0. The maximum absolute atomic E-state index is 14.0. The van der Waals surface area contributed by atoms with Gasteiger partial charge in [0.15, 0.2) is 0 Å². The van der Waals surface area contributed by atoms with Gasteiger partial charge in [0.05, 0.1) is 11.0 Å². The summed E-state index contributed by atoms with van der Waals surface area (Å²) < 4.78 is 38.7. The van der Waals surface area contributed by atoms with E-state index in [1.807, 2.05) is 0 Å². The standard InChI is InChI=1S/C19H16F2N2O2/c20-14-7-5-13(6-8-14)19(9-11-24-12-10-19)18-23-22-17(25-18)15-3-1-2-4-16(15)21/h1-8H,9-12H2. The second-order valence-corrected chi connectivity index (χ2v) is 6.09. The molecule has 1 aliphatic heterocycles. The predicted molar refractivity (Wildman–Crippen MR) is 86.9 cm³/mol. The van der Waals surface area contributed by atoms with Crippen LogP contribution < -0.4 is 0 Å². The van der Waals surface area contributed by atoms with Crippen molar-refractivity contribution in [2.24, 2.45) is 0 Å². The molecular formula is C19H16F2N2O2. The van der Waals surface area contributed by atoms with Crippen LogP contribution in [0.1, 0.15) is 24.3 Å². The minimum absolute atomic E-state index is 0.140. The fourth-order valence-electron chi connectivity index (χ4n) is 3.27. The zero-order chi connectivity index (χ0) is 17.3. The fraction of sp³-hybridized carbons (Fsp3) is 0.263. The Bertz CT molecular complexity index is 871. The quantitative estimate of drug-likeness (QED) is 0.719. The maximum atomic E-state index is 14.0. The third kappa shape index (κ3) is 2.82. The summed E-state index contributed by atoms with van der Waals surface area (Å²) in [6, 6.07) is 12.6. The highest BCUT2D eigenvalue weighted by atomic mass is 19.1. The lowest BCUT2D eigenvalue weighted by Gasteiger charge is -2.34. The van der Waals surface area contributed by atoms with Gasteiger partial charge in [0.1, 0.15) is 11.6 Å². The van der Waals surface area contributed by atoms with Gasteiger partial charge in [0.25, 0.3) is 5.89 Å². The van der Waals surface area contributed by atoms with E-state index in [0.29, 0.717) is 31.9 Å². The molecule has 0 bridgehead atoms. The average Bonchev–Trinajstić information content (AvgIpc) is 3.14. The molecule has 2 aromatic carbocycles. The first-order chi connectivity index (χ1) is 12.2. The smallest absolute Gasteiger partial charge is 0.250 e. The zero-order valence-corrected chi connectivity index (χ0v) is 13.4. The second kappa shape index (κ2) is 6.37. The van der Waals surface area contributed by atoms with Gasteiger partial charge in [-0.15, -0.1) is 10.2 Å². The molecule has 1 aromatic heterocycles. The third-order valence-corrected chi connectivity index (χ3v) is 4.68. The molecule has 2 heterocycles. The molecular weight excluding hydrogens is 326 g/mol. The maximum Gasteiger partial charge on any atom is 0.250 e. The van der Waals surface area contributed by atoms with Gasteiger partial charge in [-0.3, -0.25) is 0 Å². The van der Waals surface area contributed by atoms with Gasteiger partial charge in [-0.25, -0.2) is 8.78 Å². The van der Waals surface area contributed by atoms with Crippen molar-refractivity contribution < 1.29 is 17.9 Å². The number of nitrogens with zero attached hydrogens (tertiary/aromatic N) is 2. The van der Waals surface area contributed by atoms with E-state index in [9.17, 15) is 8.78 Å². The van der Waals surface area contributed by atoms with Crippen LogP contribution in [0, 0.1) is 11.6 Å². The molecule has 1 saturated heterocycles. The first-order valence-corrected chi connectivity index (χ1v) is 8.12. The third-order valence-electron chi connectivity index (χ3n) is 4.68. The predicted octanol–water partition coefficient (Wildman–Crippen LogP) is 4.11. The summed E-state index contributed by atoms with van der Waals surface area (Å²) in [5, 5.41) is 8.23. The molecule has 0 aliphatic carbocycles. The van der Waals surface area contributed by atoms with Crippen molar-refractivity contribution in [2.75, 3.05) is 13.2 Å². The Morgan fingerprint density at radius 2 is 1.60 bits per heavy atom. The van der Waals surface area contributed by atoms with E-state index in [0.717, 1.165) is 5.56 Å². The number of hydrogen-bond donors (Lipinski definition) is 0. The lowest BCUT2D eigenvalue weighted by atomic mass is 9.74. The summed E-state index contributed by atoms with van der Waals surface area (Å²) in [5.74, 6) is -0.175. The first-order valence-electron chi connectivity index (χ1n) is 8.12. The normalized spacial score (nSPS) is 16.7. The molecule has 0 saturated carbocycles. The molecule has 0 N–H and O–H groups in total. The molecule has 0 atom stereocenters. The molecule has 6 heteroatoms. The molecule has 128 valence electrons. The molecule has 25 heavy (non-hydrogen) atoms. The van der Waals surface area contributed by atoms with Gasteiger partial charge in [-0.2, -0.15) is 0 Å². The second-order valence-electron chi connectivity index (χ2n) is 6.09. The lowest BCUT2D eigenvalue weighted by molar-refractivity contribution is 0.0546. The summed E-state index contributed by atoms with van der Waals surface area (Å²) in [6.07, 6.45) is 1.27. The van der Waals surface area contributed by atoms with E-state index in [-0.39, 0.29) is 17.3 Å². The van der Waals surface area contributed by atoms with Crippen LogP contribution in [-0.4, -0.2) is 23.4 Å². The Balaban J connectivity index is 1.79. The number of hydrogen-bond acceptors (Lipinski definition) is 4. The van der Waals surface area contributed by atoms with E-state index in [1.165, 1.54) is 18.2 Å². The van der Waals surface area contributed by atoms with Gasteiger partial charge in [-0.1, -0.05) is 24.3 Å². The van der Waals surface area contributed by atoms with E-state index < -0.39 is 11.2 Å². The highest BCUT2D eigenvalue weighted by Crippen LogP contribution is 2.41. The van der Waals surface area contributed by atoms with Crippen LogP contribution in [0.3, 0.4) is 0 Å². The van der Waals surface area contributed by atoms with Crippen LogP contribution in [0.5, 0.6) is 0 Å². The largest absolute Gasteiger partial charge is 0.420 e. The van der Waals surface area contributed by atoms with Gasteiger partial charge < -0.3 is 9.15 Å². The van der Waals surface area contributed by atoms with Crippen molar-refractivity contribution in [3.8, 4) is 11.5 Å². The molecule has 0 spiro atoms. The molecule has 1 fully saturated rings. The molecule has 0 unspecified atom stereocenters. The van der Waals surface area contributed by atoms with Crippen LogP contribution in [0.25, 0.3) is 11.5 Å². The van der Waals surface area contributed by atoms with Crippen LogP contribution in [0.15, 0.2) is 52.9 Å². The van der Waals surface area contributed by atoms with Crippen LogP contribution in [-0.2, 0) is 10.2 Å². The number of benzene rings is 2. The number of halogens is 2. The number of ether oxygens (including phenoxy) is 1. The van der Waals surface area contributed by atoms with Crippen LogP contribution in [0.4, 0.5) is 8.78 Å². The van der Waals surface area contributed by atoms with Crippen molar-refractivity contribution in [3.05, 3.63) is 71.6 Å². The summed E-state index contributed by atoms with van der Waals surface area (Å²) in [5.41, 5.74) is 0.603. The topological polar surface area (TPSA) is 48.2 Å². The molecule has 0 amide bonds.